The summed E-state index contributed by atoms with van der Waals surface area (Å²) < 4.78 is 11.5. The fourth-order valence-corrected chi connectivity index (χ4v) is 2.45. The molecule has 0 aliphatic carbocycles. The predicted molar refractivity (Wildman–Crippen MR) is 104 cm³/mol. The second-order valence-corrected chi connectivity index (χ2v) is 5.80. The second-order valence-electron chi connectivity index (χ2n) is 5.80. The maximum Gasteiger partial charge on any atom is 0.134 e. The molecule has 0 unspecified atom stereocenters. The Bertz CT molecular complexity index is 859. The molecule has 3 rings (SSSR count). The molecule has 0 aromatic heterocycles. The van der Waals surface area contributed by atoms with Crippen LogP contribution in [0.2, 0.25) is 0 Å². The quantitative estimate of drug-likeness (QED) is 0.476. The van der Waals surface area contributed by atoms with Gasteiger partial charge in [0, 0.05) is 5.56 Å². The molecule has 0 amide bonds. The van der Waals surface area contributed by atoms with E-state index in [4.69, 9.17) is 14.3 Å². The summed E-state index contributed by atoms with van der Waals surface area (Å²) in [5.41, 5.74) is 2.69. The van der Waals surface area contributed by atoms with Crippen molar-refractivity contribution in [1.29, 1.82) is 0 Å². The van der Waals surface area contributed by atoms with Gasteiger partial charge in [-0.25, -0.2) is 0 Å². The van der Waals surface area contributed by atoms with Crippen molar-refractivity contribution in [1.82, 2.24) is 0 Å². The van der Waals surface area contributed by atoms with Gasteiger partial charge in [0.2, 0.25) is 0 Å². The van der Waals surface area contributed by atoms with Gasteiger partial charge in [-0.2, -0.15) is 0 Å². The third-order valence-electron chi connectivity index (χ3n) is 3.85. The molecule has 0 spiro atoms. The van der Waals surface area contributed by atoms with Gasteiger partial charge in [-0.05, 0) is 42.0 Å². The molecule has 0 atom stereocenters. The van der Waals surface area contributed by atoms with Crippen LogP contribution in [-0.4, -0.2) is 24.5 Å². The van der Waals surface area contributed by atoms with Gasteiger partial charge >= 0.3 is 0 Å². The molecule has 3 aromatic rings. The summed E-state index contributed by atoms with van der Waals surface area (Å²) in [7, 11) is 1.52. The molecule has 5 heteroatoms. The zero-order valence-corrected chi connectivity index (χ0v) is 15.0. The molecule has 0 bridgehead atoms. The summed E-state index contributed by atoms with van der Waals surface area (Å²) in [6.07, 6.45) is 0. The highest BCUT2D eigenvalue weighted by molar-refractivity contribution is 6.01. The SMILES string of the molecule is CO/N=C(\COc1ccc(COc2ccc(O)cc2)cc1)c1ccccc1. The Morgan fingerprint density at radius 3 is 2.11 bits per heavy atom. The zero-order chi connectivity index (χ0) is 18.9. The van der Waals surface area contributed by atoms with Gasteiger partial charge in [-0.15, -0.1) is 0 Å². The molecule has 0 radical (unpaired) electrons. The number of nitrogens with zero attached hydrogens (tertiary/aromatic N) is 1. The Kier molecular flexibility index (Phi) is 6.30. The van der Waals surface area contributed by atoms with E-state index in [1.165, 1.54) is 7.11 Å². The molecule has 0 fully saturated rings. The van der Waals surface area contributed by atoms with Gasteiger partial charge in [-0.3, -0.25) is 0 Å². The number of hydrogen-bond donors (Lipinski definition) is 1. The van der Waals surface area contributed by atoms with E-state index in [0.717, 1.165) is 22.6 Å². The lowest BCUT2D eigenvalue weighted by Crippen LogP contribution is -2.13. The average Bonchev–Trinajstić information content (AvgIpc) is 2.72. The van der Waals surface area contributed by atoms with E-state index in [1.807, 2.05) is 54.6 Å². The standard InChI is InChI=1S/C22H21NO4/c1-25-23-22(18-5-3-2-4-6-18)16-27-20-11-7-17(8-12-20)15-26-21-13-9-19(24)10-14-21/h2-14,24H,15-16H2,1H3/b23-22+. The van der Waals surface area contributed by atoms with Gasteiger partial charge in [0.1, 0.15) is 43.3 Å². The number of phenolic OH excluding ortho intramolecular Hbond substituents is 1. The van der Waals surface area contributed by atoms with Gasteiger partial charge in [0.15, 0.2) is 0 Å². The van der Waals surface area contributed by atoms with Crippen molar-refractivity contribution in [3.05, 3.63) is 90.0 Å². The van der Waals surface area contributed by atoms with Gasteiger partial charge < -0.3 is 19.4 Å². The Hall–Kier alpha value is -3.47. The van der Waals surface area contributed by atoms with Crippen LogP contribution in [0.4, 0.5) is 0 Å². The van der Waals surface area contributed by atoms with E-state index in [9.17, 15) is 5.11 Å². The van der Waals surface area contributed by atoms with Gasteiger partial charge in [0.05, 0.1) is 0 Å². The zero-order valence-electron chi connectivity index (χ0n) is 15.0. The number of hydrogen-bond acceptors (Lipinski definition) is 5. The minimum absolute atomic E-state index is 0.218. The third kappa shape index (κ3) is 5.51. The second kappa shape index (κ2) is 9.29. The molecule has 5 nitrogen and oxygen atoms in total. The fraction of sp³-hybridized carbons (Fsp3) is 0.136. The van der Waals surface area contributed by atoms with Crippen molar-refractivity contribution >= 4 is 5.71 Å². The number of oxime groups is 1. The lowest BCUT2D eigenvalue weighted by molar-refractivity contribution is 0.210. The first kappa shape index (κ1) is 18.3. The Labute approximate surface area is 158 Å². The first-order valence-corrected chi connectivity index (χ1v) is 8.53. The maximum absolute atomic E-state index is 9.28. The fourth-order valence-electron chi connectivity index (χ4n) is 2.45. The molecule has 27 heavy (non-hydrogen) atoms. The highest BCUT2D eigenvalue weighted by Crippen LogP contribution is 2.18. The average molecular weight is 363 g/mol. The maximum atomic E-state index is 9.28. The molecule has 0 saturated carbocycles. The van der Waals surface area contributed by atoms with Gasteiger partial charge in [0.25, 0.3) is 0 Å². The molecule has 1 N–H and O–H groups in total. The monoisotopic (exact) mass is 363 g/mol. The van der Waals surface area contributed by atoms with Crippen molar-refractivity contribution in [3.8, 4) is 17.2 Å². The van der Waals surface area contributed by atoms with E-state index in [-0.39, 0.29) is 5.75 Å². The minimum atomic E-state index is 0.218. The van der Waals surface area contributed by atoms with Crippen LogP contribution in [0.3, 0.4) is 0 Å². The van der Waals surface area contributed by atoms with Crippen molar-refractivity contribution in [2.24, 2.45) is 5.16 Å². The van der Waals surface area contributed by atoms with E-state index in [1.54, 1.807) is 24.3 Å². The third-order valence-corrected chi connectivity index (χ3v) is 3.85. The Morgan fingerprint density at radius 1 is 0.815 bits per heavy atom. The summed E-state index contributed by atoms with van der Waals surface area (Å²) in [6, 6.07) is 24.1. The van der Waals surface area contributed by atoms with Crippen molar-refractivity contribution in [2.45, 2.75) is 6.61 Å². The smallest absolute Gasteiger partial charge is 0.134 e. The Balaban J connectivity index is 1.55. The van der Waals surface area contributed by atoms with E-state index >= 15 is 0 Å². The molecule has 138 valence electrons. The van der Waals surface area contributed by atoms with Crippen LogP contribution in [0.1, 0.15) is 11.1 Å². The van der Waals surface area contributed by atoms with Crippen LogP contribution >= 0.6 is 0 Å². The van der Waals surface area contributed by atoms with Crippen LogP contribution in [0.15, 0.2) is 84.0 Å². The first-order valence-electron chi connectivity index (χ1n) is 8.53. The highest BCUT2D eigenvalue weighted by atomic mass is 16.6. The minimum Gasteiger partial charge on any atom is -0.508 e. The lowest BCUT2D eigenvalue weighted by Gasteiger charge is -2.10. The van der Waals surface area contributed by atoms with E-state index < -0.39 is 0 Å². The molecule has 3 aromatic carbocycles. The van der Waals surface area contributed by atoms with Crippen LogP contribution < -0.4 is 9.47 Å². The van der Waals surface area contributed by atoms with Crippen molar-refractivity contribution in [2.75, 3.05) is 13.7 Å². The normalized spacial score (nSPS) is 11.1. The molecule has 0 aliphatic heterocycles. The van der Waals surface area contributed by atoms with Crippen LogP contribution in [0.25, 0.3) is 0 Å². The molecular formula is C22H21NO4. The summed E-state index contributed by atoms with van der Waals surface area (Å²) in [5, 5.41) is 13.3. The molecular weight excluding hydrogens is 342 g/mol. The highest BCUT2D eigenvalue weighted by Gasteiger charge is 2.06. The van der Waals surface area contributed by atoms with Crippen LogP contribution in [0.5, 0.6) is 17.2 Å². The molecule has 0 heterocycles. The number of rotatable bonds is 8. The molecule has 0 saturated heterocycles. The van der Waals surface area contributed by atoms with Gasteiger partial charge in [-0.1, -0.05) is 47.6 Å². The summed E-state index contributed by atoms with van der Waals surface area (Å²) >= 11 is 0. The van der Waals surface area contributed by atoms with Crippen molar-refractivity contribution in [3.63, 3.8) is 0 Å². The summed E-state index contributed by atoms with van der Waals surface area (Å²) in [4.78, 5) is 4.92. The molecule has 0 aliphatic rings. The Morgan fingerprint density at radius 2 is 1.44 bits per heavy atom. The number of benzene rings is 3. The predicted octanol–water partition coefficient (Wildman–Crippen LogP) is 4.40. The first-order chi connectivity index (χ1) is 13.2. The number of phenols is 1. The largest absolute Gasteiger partial charge is 0.508 e. The lowest BCUT2D eigenvalue weighted by atomic mass is 10.1. The van der Waals surface area contributed by atoms with E-state index in [0.29, 0.717) is 19.0 Å². The summed E-state index contributed by atoms with van der Waals surface area (Å²) in [5.74, 6) is 1.66. The summed E-state index contributed by atoms with van der Waals surface area (Å²) in [6.45, 7) is 0.743. The number of ether oxygens (including phenoxy) is 2. The topological polar surface area (TPSA) is 60.3 Å². The van der Waals surface area contributed by atoms with E-state index in [2.05, 4.69) is 5.16 Å². The van der Waals surface area contributed by atoms with Crippen molar-refractivity contribution < 1.29 is 19.4 Å². The van der Waals surface area contributed by atoms with Crippen LogP contribution in [0, 0.1) is 0 Å². The number of aromatic hydroxyl groups is 1. The van der Waals surface area contributed by atoms with Crippen LogP contribution in [-0.2, 0) is 11.4 Å².